The highest BCUT2D eigenvalue weighted by molar-refractivity contribution is 5.91. The smallest absolute Gasteiger partial charge is 0.346 e. The van der Waals surface area contributed by atoms with Crippen LogP contribution in [-0.2, 0) is 20.8 Å². The number of oxime groups is 1. The van der Waals surface area contributed by atoms with E-state index in [-0.39, 0.29) is 12.0 Å². The summed E-state index contributed by atoms with van der Waals surface area (Å²) in [6.07, 6.45) is 1.66. The zero-order valence-corrected chi connectivity index (χ0v) is 14.7. The predicted octanol–water partition coefficient (Wildman–Crippen LogP) is 4.24. The normalized spacial score (nSPS) is 11.3. The molecule has 0 saturated heterocycles. The fourth-order valence-electron chi connectivity index (χ4n) is 1.61. The summed E-state index contributed by atoms with van der Waals surface area (Å²) in [5.74, 6) is -0.429. The molecule has 124 valence electrons. The van der Waals surface area contributed by atoms with Crippen LogP contribution in [-0.4, -0.2) is 25.4 Å². The Morgan fingerprint density at radius 2 is 1.77 bits per heavy atom. The van der Waals surface area contributed by atoms with Gasteiger partial charge in [0.25, 0.3) is 0 Å². The van der Waals surface area contributed by atoms with Crippen LogP contribution in [0.1, 0.15) is 46.6 Å². The Bertz CT molecular complexity index is 453. The van der Waals surface area contributed by atoms with Crippen molar-refractivity contribution in [3.8, 4) is 0 Å². The van der Waals surface area contributed by atoms with Crippen LogP contribution >= 0.6 is 0 Å². The lowest BCUT2D eigenvalue weighted by atomic mass is 9.82. The molecule has 4 heteroatoms. The molecule has 0 fully saturated rings. The molecule has 0 saturated carbocycles. The first-order valence-electron chi connectivity index (χ1n) is 7.79. The summed E-state index contributed by atoms with van der Waals surface area (Å²) in [7, 11) is 1.33. The third kappa shape index (κ3) is 7.25. The summed E-state index contributed by atoms with van der Waals surface area (Å²) in [6, 6.07) is 10.1. The Hall–Kier alpha value is -1.84. The van der Waals surface area contributed by atoms with Crippen LogP contribution < -0.4 is 0 Å². The summed E-state index contributed by atoms with van der Waals surface area (Å²) in [5.41, 5.74) is 2.02. The van der Waals surface area contributed by atoms with E-state index in [2.05, 4.69) is 42.8 Å². The largest absolute Gasteiger partial charge is 0.466 e. The number of hydrogen-bond donors (Lipinski definition) is 0. The molecule has 0 amide bonds. The lowest BCUT2D eigenvalue weighted by molar-refractivity contribution is -0.145. The molecule has 0 atom stereocenters. The summed E-state index contributed by atoms with van der Waals surface area (Å²) in [6.45, 7) is 10.2. The Kier molecular flexibility index (Phi) is 9.92. The van der Waals surface area contributed by atoms with E-state index in [4.69, 9.17) is 4.84 Å². The first-order valence-corrected chi connectivity index (χ1v) is 7.79. The third-order valence-corrected chi connectivity index (χ3v) is 3.46. The van der Waals surface area contributed by atoms with E-state index in [1.54, 1.807) is 0 Å². The second-order valence-electron chi connectivity index (χ2n) is 5.29. The van der Waals surface area contributed by atoms with Crippen LogP contribution in [0, 0.1) is 5.41 Å². The molecule has 0 spiro atoms. The van der Waals surface area contributed by atoms with Crippen LogP contribution in [0.15, 0.2) is 35.5 Å². The number of esters is 1. The van der Waals surface area contributed by atoms with Gasteiger partial charge in [0.05, 0.1) is 12.8 Å². The minimum absolute atomic E-state index is 0.0774. The Morgan fingerprint density at radius 1 is 1.18 bits per heavy atom. The van der Waals surface area contributed by atoms with E-state index < -0.39 is 5.97 Å². The van der Waals surface area contributed by atoms with Crippen molar-refractivity contribution in [2.45, 2.75) is 47.5 Å². The van der Waals surface area contributed by atoms with E-state index in [0.717, 1.165) is 12.1 Å². The van der Waals surface area contributed by atoms with Gasteiger partial charge in [-0.3, -0.25) is 0 Å². The highest BCUT2D eigenvalue weighted by atomic mass is 16.6. The number of carbonyl (C=O) groups excluding carboxylic acids is 1. The highest BCUT2D eigenvalue weighted by Gasteiger charge is 2.24. The molecule has 1 rings (SSSR count). The van der Waals surface area contributed by atoms with E-state index in [0.29, 0.717) is 6.42 Å². The molecular formula is C18H29NO3. The summed E-state index contributed by atoms with van der Waals surface area (Å²) in [5, 5.41) is 4.17. The van der Waals surface area contributed by atoms with Crippen LogP contribution in [0.25, 0.3) is 0 Å². The van der Waals surface area contributed by atoms with E-state index in [1.807, 2.05) is 32.0 Å². The van der Waals surface area contributed by atoms with Crippen LogP contribution in [0.4, 0.5) is 0 Å². The lowest BCUT2D eigenvalue weighted by Crippen LogP contribution is -2.26. The quantitative estimate of drug-likeness (QED) is 0.430. The second-order valence-corrected chi connectivity index (χ2v) is 5.29. The molecule has 0 aliphatic heterocycles. The van der Waals surface area contributed by atoms with Crippen molar-refractivity contribution in [2.24, 2.45) is 10.6 Å². The molecule has 4 nitrogen and oxygen atoms in total. The van der Waals surface area contributed by atoms with Crippen molar-refractivity contribution in [1.29, 1.82) is 0 Å². The summed E-state index contributed by atoms with van der Waals surface area (Å²) < 4.78 is 4.53. The minimum atomic E-state index is -0.429. The maximum Gasteiger partial charge on any atom is 0.346 e. The van der Waals surface area contributed by atoms with Gasteiger partial charge in [-0.05, 0) is 12.0 Å². The molecule has 0 bridgehead atoms. The fraction of sp³-hybridized carbons (Fsp3) is 0.556. The first kappa shape index (κ1) is 20.2. The number of methoxy groups -OCH3 is 1. The van der Waals surface area contributed by atoms with Crippen LogP contribution in [0.3, 0.4) is 0 Å². The molecule has 0 heterocycles. The van der Waals surface area contributed by atoms with Crippen LogP contribution in [0.5, 0.6) is 0 Å². The molecule has 0 radical (unpaired) electrons. The molecule has 0 aliphatic carbocycles. The SMILES string of the molecule is CC.CCC(C)(C)/C(Cc1ccccc1)=N/OCC(=O)OC. The molecule has 0 unspecified atom stereocenters. The first-order chi connectivity index (χ1) is 10.5. The topological polar surface area (TPSA) is 47.9 Å². The van der Waals surface area contributed by atoms with E-state index in [1.165, 1.54) is 12.7 Å². The number of nitrogens with zero attached hydrogens (tertiary/aromatic N) is 1. The Balaban J connectivity index is 0.00000211. The number of carbonyl (C=O) groups is 1. The number of rotatable bonds is 7. The van der Waals surface area contributed by atoms with Gasteiger partial charge in [0.1, 0.15) is 0 Å². The Morgan fingerprint density at radius 3 is 2.27 bits per heavy atom. The van der Waals surface area contributed by atoms with Crippen LogP contribution in [0.2, 0.25) is 0 Å². The maximum absolute atomic E-state index is 11.1. The van der Waals surface area contributed by atoms with Gasteiger partial charge in [-0.1, -0.05) is 70.1 Å². The molecule has 0 aromatic heterocycles. The minimum Gasteiger partial charge on any atom is -0.466 e. The maximum atomic E-state index is 11.1. The monoisotopic (exact) mass is 307 g/mol. The Labute approximate surface area is 134 Å². The van der Waals surface area contributed by atoms with Gasteiger partial charge in [-0.2, -0.15) is 0 Å². The van der Waals surface area contributed by atoms with Crippen molar-refractivity contribution in [3.63, 3.8) is 0 Å². The van der Waals surface area contributed by atoms with Gasteiger partial charge in [-0.15, -0.1) is 0 Å². The molecule has 0 N–H and O–H groups in total. The van der Waals surface area contributed by atoms with Gasteiger partial charge in [-0.25, -0.2) is 4.79 Å². The average molecular weight is 307 g/mol. The summed E-state index contributed by atoms with van der Waals surface area (Å²) >= 11 is 0. The van der Waals surface area contributed by atoms with Crippen molar-refractivity contribution in [3.05, 3.63) is 35.9 Å². The highest BCUT2D eigenvalue weighted by Crippen LogP contribution is 2.24. The van der Waals surface area contributed by atoms with Crippen molar-refractivity contribution in [1.82, 2.24) is 0 Å². The molecular weight excluding hydrogens is 278 g/mol. The summed E-state index contributed by atoms with van der Waals surface area (Å²) in [4.78, 5) is 16.2. The standard InChI is InChI=1S/C16H23NO3.C2H6/c1-5-16(2,3)14(17-20-12-15(18)19-4)11-13-9-7-6-8-10-13;1-2/h6-10H,5,11-12H2,1-4H3;1-2H3/b17-14+;. The van der Waals surface area contributed by atoms with Crippen molar-refractivity contribution in [2.75, 3.05) is 13.7 Å². The van der Waals surface area contributed by atoms with E-state index >= 15 is 0 Å². The second kappa shape index (κ2) is 10.8. The number of benzene rings is 1. The zero-order valence-electron chi connectivity index (χ0n) is 14.7. The predicted molar refractivity (Wildman–Crippen MR) is 91.0 cm³/mol. The molecule has 1 aromatic rings. The fourth-order valence-corrected chi connectivity index (χ4v) is 1.61. The molecule has 0 aliphatic rings. The van der Waals surface area contributed by atoms with Crippen molar-refractivity contribution >= 4 is 11.7 Å². The van der Waals surface area contributed by atoms with Gasteiger partial charge in [0, 0.05) is 11.8 Å². The third-order valence-electron chi connectivity index (χ3n) is 3.46. The lowest BCUT2D eigenvalue weighted by Gasteiger charge is -2.24. The van der Waals surface area contributed by atoms with Gasteiger partial charge in [0.15, 0.2) is 0 Å². The van der Waals surface area contributed by atoms with Gasteiger partial charge >= 0.3 is 5.97 Å². The number of ether oxygens (including phenoxy) is 1. The van der Waals surface area contributed by atoms with Gasteiger partial charge < -0.3 is 9.57 Å². The zero-order chi connectivity index (χ0) is 17.0. The molecule has 22 heavy (non-hydrogen) atoms. The van der Waals surface area contributed by atoms with Gasteiger partial charge in [0.2, 0.25) is 6.61 Å². The van der Waals surface area contributed by atoms with E-state index in [9.17, 15) is 4.79 Å². The van der Waals surface area contributed by atoms with Crippen molar-refractivity contribution < 1.29 is 14.4 Å². The molecule has 1 aromatic carbocycles. The number of hydrogen-bond acceptors (Lipinski definition) is 4. The average Bonchev–Trinajstić information content (AvgIpc) is 2.56.